The van der Waals surface area contributed by atoms with E-state index >= 15 is 0 Å². The van der Waals surface area contributed by atoms with Gasteiger partial charge in [0.1, 0.15) is 11.9 Å². The second-order valence-corrected chi connectivity index (χ2v) is 13.8. The highest BCUT2D eigenvalue weighted by Gasteiger charge is 2.33. The van der Waals surface area contributed by atoms with Crippen LogP contribution in [0.15, 0.2) is 102 Å². The van der Waals surface area contributed by atoms with E-state index in [1.54, 1.807) is 24.0 Å². The fourth-order valence-electron chi connectivity index (χ4n) is 5.45. The average molecular weight is 648 g/mol. The minimum absolute atomic E-state index is 0.0448. The Morgan fingerprint density at radius 3 is 2.33 bits per heavy atom. The van der Waals surface area contributed by atoms with Crippen LogP contribution in [0.4, 0.5) is 5.69 Å². The maximum Gasteiger partial charge on any atom is 0.261 e. The topological polar surface area (TPSA) is 99.2 Å². The minimum Gasteiger partial charge on any atom is -0.488 e. The Balaban J connectivity index is 1.36. The molecule has 0 spiro atoms. The van der Waals surface area contributed by atoms with Crippen LogP contribution in [0.5, 0.6) is 5.75 Å². The lowest BCUT2D eigenvalue weighted by molar-refractivity contribution is 0.0341. The quantitative estimate of drug-likeness (QED) is 0.214. The van der Waals surface area contributed by atoms with Gasteiger partial charge >= 0.3 is 0 Å². The lowest BCUT2D eigenvalue weighted by Crippen LogP contribution is -2.49. The first-order valence-corrected chi connectivity index (χ1v) is 16.7. The van der Waals surface area contributed by atoms with Crippen molar-refractivity contribution in [2.45, 2.75) is 37.4 Å². The summed E-state index contributed by atoms with van der Waals surface area (Å²) in [5.41, 5.74) is 3.94. The van der Waals surface area contributed by atoms with Crippen molar-refractivity contribution in [1.29, 1.82) is 0 Å². The van der Waals surface area contributed by atoms with E-state index in [0.29, 0.717) is 30.4 Å². The Labute approximate surface area is 270 Å². The number of hydrogen-bond donors (Lipinski definition) is 2. The van der Waals surface area contributed by atoms with Crippen LogP contribution < -0.4 is 9.46 Å². The van der Waals surface area contributed by atoms with Gasteiger partial charge < -0.3 is 14.7 Å². The molecule has 0 fully saturated rings. The molecule has 1 aliphatic heterocycles. The lowest BCUT2D eigenvalue weighted by atomic mass is 9.99. The van der Waals surface area contributed by atoms with Crippen molar-refractivity contribution in [1.82, 2.24) is 9.80 Å². The van der Waals surface area contributed by atoms with Crippen molar-refractivity contribution in [2.24, 2.45) is 5.92 Å². The number of ether oxygens (including phenoxy) is 1. The molecular weight excluding hydrogens is 610 g/mol. The molecule has 0 radical (unpaired) electrons. The molecule has 0 bridgehead atoms. The van der Waals surface area contributed by atoms with Gasteiger partial charge in [0.15, 0.2) is 0 Å². The van der Waals surface area contributed by atoms with E-state index in [1.807, 2.05) is 32.2 Å². The summed E-state index contributed by atoms with van der Waals surface area (Å²) in [6.07, 6.45) is -0.282. The summed E-state index contributed by atoms with van der Waals surface area (Å²) in [7, 11) is -1.89. The van der Waals surface area contributed by atoms with Gasteiger partial charge in [-0.15, -0.1) is 0 Å². The van der Waals surface area contributed by atoms with Gasteiger partial charge in [-0.3, -0.25) is 14.4 Å². The first-order valence-electron chi connectivity index (χ1n) is 14.9. The maximum absolute atomic E-state index is 13.8. The first kappa shape index (κ1) is 32.5. The van der Waals surface area contributed by atoms with E-state index in [9.17, 15) is 18.3 Å². The molecule has 0 saturated heterocycles. The van der Waals surface area contributed by atoms with E-state index in [0.717, 1.165) is 5.56 Å². The number of nitrogens with one attached hydrogen (secondary N) is 1. The number of sulfonamides is 1. The van der Waals surface area contributed by atoms with E-state index in [-0.39, 0.29) is 40.7 Å². The summed E-state index contributed by atoms with van der Waals surface area (Å²) >= 11 is 5.93. The molecule has 4 aromatic carbocycles. The van der Waals surface area contributed by atoms with Gasteiger partial charge in [-0.1, -0.05) is 73.1 Å². The third kappa shape index (κ3) is 7.86. The Kier molecular flexibility index (Phi) is 10.1. The number of likely N-dealkylation sites (N-methyl/N-ethyl adjacent to an activating group) is 1. The number of nitrogens with zero attached hydrogens (tertiary/aromatic N) is 2. The van der Waals surface area contributed by atoms with Crippen LogP contribution in [0.2, 0.25) is 5.02 Å². The molecule has 10 heteroatoms. The molecule has 3 atom stereocenters. The number of rotatable bonds is 10. The number of fused-ring (bicyclic) bond motifs is 1. The number of aliphatic hydroxyl groups excluding tert-OH is 1. The van der Waals surface area contributed by atoms with Gasteiger partial charge in [0.05, 0.1) is 23.1 Å². The zero-order valence-electron chi connectivity index (χ0n) is 25.6. The maximum atomic E-state index is 13.8. The van der Waals surface area contributed by atoms with Gasteiger partial charge in [-0.2, -0.15) is 0 Å². The summed E-state index contributed by atoms with van der Waals surface area (Å²) in [4.78, 5) is 17.7. The van der Waals surface area contributed by atoms with Gasteiger partial charge in [-0.25, -0.2) is 8.42 Å². The zero-order valence-corrected chi connectivity index (χ0v) is 27.1. The fourth-order valence-corrected chi connectivity index (χ4v) is 6.62. The third-order valence-corrected chi connectivity index (χ3v) is 9.70. The summed E-state index contributed by atoms with van der Waals surface area (Å²) < 4.78 is 35.1. The molecule has 4 aromatic rings. The largest absolute Gasteiger partial charge is 0.488 e. The van der Waals surface area contributed by atoms with Crippen LogP contribution in [-0.2, 0) is 16.6 Å². The third-order valence-electron chi connectivity index (χ3n) is 8.05. The summed E-state index contributed by atoms with van der Waals surface area (Å²) in [5.74, 6) is -0.0277. The molecule has 1 aliphatic rings. The summed E-state index contributed by atoms with van der Waals surface area (Å²) in [6, 6.07) is 28.9. The first-order chi connectivity index (χ1) is 21.5. The molecule has 8 nitrogen and oxygen atoms in total. The molecule has 0 aliphatic carbocycles. The lowest BCUT2D eigenvalue weighted by Gasteiger charge is -2.38. The monoisotopic (exact) mass is 647 g/mol. The number of amides is 1. The highest BCUT2D eigenvalue weighted by Crippen LogP contribution is 2.32. The zero-order chi connectivity index (χ0) is 32.1. The normalized spacial score (nSPS) is 17.6. The minimum atomic E-state index is -3.93. The molecular formula is C35H38ClN3O5S. The number of aliphatic hydroxyl groups is 1. The molecule has 5 rings (SSSR count). The molecule has 236 valence electrons. The molecule has 0 saturated carbocycles. The molecule has 2 N–H and O–H groups in total. The van der Waals surface area contributed by atoms with Crippen molar-refractivity contribution in [2.75, 3.05) is 31.5 Å². The van der Waals surface area contributed by atoms with Gasteiger partial charge in [0, 0.05) is 36.3 Å². The van der Waals surface area contributed by atoms with E-state index < -0.39 is 16.1 Å². The molecule has 0 unspecified atom stereocenters. The number of hydrogen-bond acceptors (Lipinski definition) is 6. The van der Waals surface area contributed by atoms with Gasteiger partial charge in [0.25, 0.3) is 15.9 Å². The Hall–Kier alpha value is -3.89. The SMILES string of the molecule is C[C@@H]1CN([C@@H](C)CO)C(=O)c2cc(NS(=O)(=O)c3ccc(Cl)cc3)ccc2O[C@@H]1CN(C)Cc1ccc(-c2ccccc2)cc1. The molecule has 45 heavy (non-hydrogen) atoms. The average Bonchev–Trinajstić information content (AvgIpc) is 3.03. The second kappa shape index (κ2) is 14.0. The highest BCUT2D eigenvalue weighted by atomic mass is 35.5. The van der Waals surface area contributed by atoms with E-state index in [4.69, 9.17) is 16.3 Å². The predicted octanol–water partition coefficient (Wildman–Crippen LogP) is 6.16. The molecule has 0 aromatic heterocycles. The fraction of sp³-hybridized carbons (Fsp3) is 0.286. The summed E-state index contributed by atoms with van der Waals surface area (Å²) in [5, 5.41) is 10.4. The van der Waals surface area contributed by atoms with Gasteiger partial charge in [-0.05, 0) is 73.1 Å². The van der Waals surface area contributed by atoms with Crippen molar-refractivity contribution in [3.05, 3.63) is 113 Å². The Bertz CT molecular complexity index is 1720. The number of halogens is 1. The van der Waals surface area contributed by atoms with Crippen molar-refractivity contribution in [3.8, 4) is 16.9 Å². The Morgan fingerprint density at radius 2 is 1.67 bits per heavy atom. The number of carbonyl (C=O) groups excluding carboxylic acids is 1. The van der Waals surface area contributed by atoms with E-state index in [2.05, 4.69) is 46.0 Å². The number of benzene rings is 4. The molecule has 1 amide bonds. The van der Waals surface area contributed by atoms with Crippen LogP contribution in [-0.4, -0.2) is 68.1 Å². The van der Waals surface area contributed by atoms with E-state index in [1.165, 1.54) is 41.5 Å². The van der Waals surface area contributed by atoms with Crippen LogP contribution in [0.1, 0.15) is 29.8 Å². The van der Waals surface area contributed by atoms with Crippen LogP contribution in [0, 0.1) is 5.92 Å². The second-order valence-electron chi connectivity index (χ2n) is 11.7. The van der Waals surface area contributed by atoms with Crippen LogP contribution >= 0.6 is 11.6 Å². The van der Waals surface area contributed by atoms with Crippen molar-refractivity contribution >= 4 is 33.2 Å². The van der Waals surface area contributed by atoms with Crippen LogP contribution in [0.25, 0.3) is 11.1 Å². The standard InChI is InChI=1S/C35H38ClN3O5S/c1-24-20-39(25(2)23-40)35(41)32-19-30(37-45(42,43)31-16-13-29(36)14-17-31)15-18-33(32)44-34(24)22-38(3)21-26-9-11-28(12-10-26)27-7-5-4-6-8-27/h4-19,24-25,34,37,40H,20-23H2,1-3H3/t24-,25+,34-/m1/s1. The van der Waals surface area contributed by atoms with Crippen molar-refractivity contribution in [3.63, 3.8) is 0 Å². The number of anilines is 1. The number of carbonyl (C=O) groups is 1. The summed E-state index contributed by atoms with van der Waals surface area (Å²) in [6.45, 7) is 5.28. The van der Waals surface area contributed by atoms with Crippen LogP contribution in [0.3, 0.4) is 0 Å². The Morgan fingerprint density at radius 1 is 1.00 bits per heavy atom. The highest BCUT2D eigenvalue weighted by molar-refractivity contribution is 7.92. The predicted molar refractivity (Wildman–Crippen MR) is 178 cm³/mol. The smallest absolute Gasteiger partial charge is 0.261 e. The molecule has 1 heterocycles. The van der Waals surface area contributed by atoms with Crippen molar-refractivity contribution < 1.29 is 23.1 Å². The van der Waals surface area contributed by atoms with Gasteiger partial charge in [0.2, 0.25) is 0 Å².